The summed E-state index contributed by atoms with van der Waals surface area (Å²) >= 11 is 23.3. The molecular weight excluding hydrogens is 474 g/mol. The van der Waals surface area contributed by atoms with Gasteiger partial charge in [0.2, 0.25) is 0 Å². The number of hydrogen-bond donors (Lipinski definition) is 1. The van der Waals surface area contributed by atoms with Gasteiger partial charge < -0.3 is 14.8 Å². The predicted molar refractivity (Wildman–Crippen MR) is 118 cm³/mol. The number of carbonyl (C=O) groups is 1. The summed E-state index contributed by atoms with van der Waals surface area (Å²) < 4.78 is 12.1. The van der Waals surface area contributed by atoms with E-state index in [2.05, 4.69) is 15.4 Å². The lowest BCUT2D eigenvalue weighted by Crippen LogP contribution is -2.18. The maximum absolute atomic E-state index is 11.6. The first kappa shape index (κ1) is 22.7. The van der Waals surface area contributed by atoms with Crippen molar-refractivity contribution in [3.05, 3.63) is 52.5 Å². The van der Waals surface area contributed by atoms with E-state index in [-0.39, 0.29) is 6.01 Å². The molecule has 1 heterocycles. The average molecular weight is 490 g/mol. The number of methoxy groups -OCH3 is 1. The number of nitrogens with one attached hydrogen (secondary N) is 1. The number of aromatic nitrogens is 3. The SMILES string of the molecule is COCCOc1nc(-c2ccc(Cl)c(Cl)c2)n(-c2ccc(NC(=O)C(Cl)Cl)cc2)n1. The van der Waals surface area contributed by atoms with Crippen molar-refractivity contribution in [2.24, 2.45) is 0 Å². The Morgan fingerprint density at radius 2 is 1.83 bits per heavy atom. The van der Waals surface area contributed by atoms with Crippen LogP contribution >= 0.6 is 46.4 Å². The molecule has 0 atom stereocenters. The molecule has 3 rings (SSSR count). The molecule has 0 saturated carbocycles. The summed E-state index contributed by atoms with van der Waals surface area (Å²) in [6.45, 7) is 0.692. The first-order valence-electron chi connectivity index (χ1n) is 8.62. The molecule has 0 fully saturated rings. The Labute approximate surface area is 192 Å². The predicted octanol–water partition coefficient (Wildman–Crippen LogP) is 5.01. The number of rotatable bonds is 8. The van der Waals surface area contributed by atoms with Crippen LogP contribution in [0.3, 0.4) is 0 Å². The lowest BCUT2D eigenvalue weighted by Gasteiger charge is -2.09. The van der Waals surface area contributed by atoms with Gasteiger partial charge in [-0.05, 0) is 42.5 Å². The van der Waals surface area contributed by atoms with Crippen LogP contribution in [0.4, 0.5) is 5.69 Å². The summed E-state index contributed by atoms with van der Waals surface area (Å²) in [6.07, 6.45) is 0. The van der Waals surface area contributed by atoms with Gasteiger partial charge in [-0.15, -0.1) is 5.10 Å². The minimum absolute atomic E-state index is 0.178. The van der Waals surface area contributed by atoms with Crippen molar-refractivity contribution in [2.75, 3.05) is 25.6 Å². The molecule has 3 aromatic rings. The van der Waals surface area contributed by atoms with Gasteiger partial charge in [-0.1, -0.05) is 46.4 Å². The molecule has 0 saturated heterocycles. The van der Waals surface area contributed by atoms with Gasteiger partial charge in [0.25, 0.3) is 5.91 Å². The van der Waals surface area contributed by atoms with E-state index in [9.17, 15) is 4.79 Å². The number of ether oxygens (including phenoxy) is 2. The number of amides is 1. The number of nitrogens with zero attached hydrogens (tertiary/aromatic N) is 3. The lowest BCUT2D eigenvalue weighted by molar-refractivity contribution is -0.114. The smallest absolute Gasteiger partial charge is 0.336 e. The normalized spacial score (nSPS) is 11.0. The first-order valence-corrected chi connectivity index (χ1v) is 10.3. The quantitative estimate of drug-likeness (QED) is 0.355. The van der Waals surface area contributed by atoms with Crippen LogP contribution in [0.1, 0.15) is 0 Å². The van der Waals surface area contributed by atoms with Crippen LogP contribution in [0.5, 0.6) is 6.01 Å². The lowest BCUT2D eigenvalue weighted by atomic mass is 10.2. The largest absolute Gasteiger partial charge is 0.460 e. The molecule has 0 radical (unpaired) electrons. The molecule has 158 valence electrons. The fraction of sp³-hybridized carbons (Fsp3) is 0.211. The van der Waals surface area contributed by atoms with E-state index in [1.807, 2.05) is 0 Å². The van der Waals surface area contributed by atoms with E-state index in [0.29, 0.717) is 46.0 Å². The van der Waals surface area contributed by atoms with Gasteiger partial charge in [0, 0.05) is 18.4 Å². The molecule has 0 bridgehead atoms. The average Bonchev–Trinajstić information content (AvgIpc) is 3.15. The molecule has 1 amide bonds. The minimum atomic E-state index is -1.16. The number of anilines is 1. The van der Waals surface area contributed by atoms with Crippen LogP contribution in [0.15, 0.2) is 42.5 Å². The Bertz CT molecular complexity index is 1030. The zero-order valence-corrected chi connectivity index (χ0v) is 18.6. The van der Waals surface area contributed by atoms with Crippen molar-refractivity contribution in [3.63, 3.8) is 0 Å². The summed E-state index contributed by atoms with van der Waals surface area (Å²) in [5.41, 5.74) is 1.90. The Balaban J connectivity index is 1.95. The molecule has 11 heteroatoms. The molecule has 0 aliphatic heterocycles. The van der Waals surface area contributed by atoms with Crippen molar-refractivity contribution in [3.8, 4) is 23.1 Å². The van der Waals surface area contributed by atoms with E-state index in [0.717, 1.165) is 0 Å². The van der Waals surface area contributed by atoms with E-state index in [1.54, 1.807) is 54.3 Å². The standard InChI is InChI=1S/C19H16Cl4N4O3/c1-29-8-9-30-19-25-17(11-2-7-14(20)15(21)10-11)27(26-19)13-5-3-12(4-6-13)24-18(28)16(22)23/h2-7,10,16H,8-9H2,1H3,(H,24,28). The molecule has 7 nitrogen and oxygen atoms in total. The van der Waals surface area contributed by atoms with E-state index in [4.69, 9.17) is 55.9 Å². The van der Waals surface area contributed by atoms with Gasteiger partial charge in [0.15, 0.2) is 10.7 Å². The number of carbonyl (C=O) groups excluding carboxylic acids is 1. The Hall–Kier alpha value is -2.03. The van der Waals surface area contributed by atoms with Crippen LogP contribution in [0.2, 0.25) is 10.0 Å². The summed E-state index contributed by atoms with van der Waals surface area (Å²) in [7, 11) is 1.58. The monoisotopic (exact) mass is 488 g/mol. The fourth-order valence-corrected chi connectivity index (χ4v) is 2.86. The first-order chi connectivity index (χ1) is 14.4. The fourth-order valence-electron chi connectivity index (χ4n) is 2.46. The summed E-state index contributed by atoms with van der Waals surface area (Å²) in [4.78, 5) is 14.9. The van der Waals surface area contributed by atoms with Gasteiger partial charge in [-0.3, -0.25) is 4.79 Å². The molecule has 0 spiro atoms. The van der Waals surface area contributed by atoms with Crippen LogP contribution in [0, 0.1) is 0 Å². The van der Waals surface area contributed by atoms with Crippen LogP contribution < -0.4 is 10.1 Å². The Morgan fingerprint density at radius 1 is 1.10 bits per heavy atom. The van der Waals surface area contributed by atoms with Gasteiger partial charge in [-0.2, -0.15) is 4.98 Å². The highest BCUT2D eigenvalue weighted by atomic mass is 35.5. The summed E-state index contributed by atoms with van der Waals surface area (Å²) in [5, 5.41) is 7.84. The number of benzene rings is 2. The molecule has 1 N–H and O–H groups in total. The number of halogens is 4. The molecule has 0 unspecified atom stereocenters. The molecule has 1 aromatic heterocycles. The maximum atomic E-state index is 11.6. The topological polar surface area (TPSA) is 78.3 Å². The van der Waals surface area contributed by atoms with E-state index >= 15 is 0 Å². The second-order valence-electron chi connectivity index (χ2n) is 5.94. The summed E-state index contributed by atoms with van der Waals surface area (Å²) in [5.74, 6) is -0.0171. The number of alkyl halides is 2. The highest BCUT2D eigenvalue weighted by Crippen LogP contribution is 2.30. The molecule has 0 aliphatic carbocycles. The van der Waals surface area contributed by atoms with Gasteiger partial charge in [0.1, 0.15) is 6.61 Å². The van der Waals surface area contributed by atoms with Gasteiger partial charge >= 0.3 is 6.01 Å². The highest BCUT2D eigenvalue weighted by Gasteiger charge is 2.17. The molecule has 2 aromatic carbocycles. The van der Waals surface area contributed by atoms with Crippen LogP contribution in [-0.2, 0) is 9.53 Å². The third kappa shape index (κ3) is 5.56. The Morgan fingerprint density at radius 3 is 2.47 bits per heavy atom. The highest BCUT2D eigenvalue weighted by molar-refractivity contribution is 6.54. The van der Waals surface area contributed by atoms with Gasteiger partial charge in [0.05, 0.1) is 22.3 Å². The van der Waals surface area contributed by atoms with Gasteiger partial charge in [-0.25, -0.2) is 4.68 Å². The van der Waals surface area contributed by atoms with E-state index < -0.39 is 10.7 Å². The second-order valence-corrected chi connectivity index (χ2v) is 7.85. The third-order valence-electron chi connectivity index (χ3n) is 3.86. The molecular formula is C19H16Cl4N4O3. The van der Waals surface area contributed by atoms with E-state index in [1.165, 1.54) is 0 Å². The van der Waals surface area contributed by atoms with Crippen molar-refractivity contribution in [2.45, 2.75) is 4.84 Å². The maximum Gasteiger partial charge on any atom is 0.336 e. The Kier molecular flexibility index (Phi) is 7.80. The zero-order chi connectivity index (χ0) is 21.7. The van der Waals surface area contributed by atoms with Crippen LogP contribution in [0.25, 0.3) is 17.1 Å². The van der Waals surface area contributed by atoms with Crippen molar-refractivity contribution >= 4 is 58.0 Å². The zero-order valence-electron chi connectivity index (χ0n) is 15.6. The van der Waals surface area contributed by atoms with Crippen molar-refractivity contribution in [1.29, 1.82) is 0 Å². The second kappa shape index (κ2) is 10.3. The summed E-state index contributed by atoms with van der Waals surface area (Å²) in [6, 6.07) is 12.2. The minimum Gasteiger partial charge on any atom is -0.460 e. The third-order valence-corrected chi connectivity index (χ3v) is 5.00. The number of hydrogen-bond acceptors (Lipinski definition) is 5. The van der Waals surface area contributed by atoms with Crippen molar-refractivity contribution in [1.82, 2.24) is 14.8 Å². The van der Waals surface area contributed by atoms with Crippen molar-refractivity contribution < 1.29 is 14.3 Å². The molecule has 30 heavy (non-hydrogen) atoms. The van der Waals surface area contributed by atoms with Crippen LogP contribution in [-0.4, -0.2) is 45.8 Å². The molecule has 0 aliphatic rings.